The summed E-state index contributed by atoms with van der Waals surface area (Å²) in [6, 6.07) is 0. The molecule has 0 spiro atoms. The molecule has 118 valence electrons. The van der Waals surface area contributed by atoms with Crippen molar-refractivity contribution in [2.24, 2.45) is 0 Å². The maximum Gasteiger partial charge on any atom is 0.422 e. The maximum atomic E-state index is 12.0. The van der Waals surface area contributed by atoms with Gasteiger partial charge in [-0.05, 0) is 31.1 Å². The van der Waals surface area contributed by atoms with E-state index in [1.807, 2.05) is 0 Å². The highest BCUT2D eigenvalue weighted by Crippen LogP contribution is 2.19. The molecule has 0 aliphatic carbocycles. The summed E-state index contributed by atoms with van der Waals surface area (Å²) in [5.74, 6) is -1.95. The molecule has 0 saturated heterocycles. The number of ether oxygens (including phenoxy) is 2. The Morgan fingerprint density at radius 1 is 1.24 bits per heavy atom. The van der Waals surface area contributed by atoms with Crippen LogP contribution >= 0.6 is 0 Å². The van der Waals surface area contributed by atoms with Crippen molar-refractivity contribution in [3.05, 3.63) is 5.69 Å². The number of carbonyl (C=O) groups is 2. The van der Waals surface area contributed by atoms with Crippen molar-refractivity contribution < 1.29 is 36.9 Å². The van der Waals surface area contributed by atoms with Gasteiger partial charge in [-0.2, -0.15) is 13.2 Å². The Balaban J connectivity index is 2.67. The van der Waals surface area contributed by atoms with Gasteiger partial charge in [0, 0.05) is 0 Å². The van der Waals surface area contributed by atoms with Crippen LogP contribution in [0.3, 0.4) is 0 Å². The lowest BCUT2D eigenvalue weighted by Gasteiger charge is -2.18. The largest absolute Gasteiger partial charge is 0.464 e. The molecule has 1 rings (SSSR count). The highest BCUT2D eigenvalue weighted by molar-refractivity contribution is 6.02. The van der Waals surface area contributed by atoms with E-state index in [9.17, 15) is 22.8 Å². The third kappa shape index (κ3) is 6.10. The molecule has 8 nitrogen and oxygen atoms in total. The van der Waals surface area contributed by atoms with Crippen molar-refractivity contribution in [1.29, 1.82) is 0 Å². The average Bonchev–Trinajstić information content (AvgIpc) is 2.70. The molecule has 1 N–H and O–H groups in total. The molecular weight excluding hydrogens is 299 g/mol. The van der Waals surface area contributed by atoms with Gasteiger partial charge >= 0.3 is 12.3 Å². The number of nitrogens with one attached hydrogen (secondary N) is 1. The quantitative estimate of drug-likeness (QED) is 0.905. The first-order valence-electron chi connectivity index (χ1n) is 5.54. The van der Waals surface area contributed by atoms with E-state index in [1.165, 1.54) is 0 Å². The summed E-state index contributed by atoms with van der Waals surface area (Å²) in [6.45, 7) is 3.00. The first-order chi connectivity index (χ1) is 9.48. The first-order valence-corrected chi connectivity index (χ1v) is 5.54. The third-order valence-corrected chi connectivity index (χ3v) is 1.66. The van der Waals surface area contributed by atoms with Crippen LogP contribution in [0, 0.1) is 0 Å². The van der Waals surface area contributed by atoms with E-state index in [0.29, 0.717) is 0 Å². The molecule has 0 bridgehead atoms. The van der Waals surface area contributed by atoms with Gasteiger partial charge in [-0.25, -0.2) is 9.42 Å². The van der Waals surface area contributed by atoms with Crippen molar-refractivity contribution in [3.8, 4) is 5.88 Å². The van der Waals surface area contributed by atoms with Crippen LogP contribution in [0.5, 0.6) is 5.88 Å². The van der Waals surface area contributed by atoms with E-state index >= 15 is 0 Å². The van der Waals surface area contributed by atoms with Gasteiger partial charge in [0.25, 0.3) is 11.8 Å². The van der Waals surface area contributed by atoms with Crippen LogP contribution in [0.2, 0.25) is 0 Å². The lowest BCUT2D eigenvalue weighted by molar-refractivity contribution is -0.154. The molecule has 0 fully saturated rings. The number of imide groups is 1. The number of alkyl carbamates (subject to hydrolysis) is 1. The second-order valence-electron chi connectivity index (χ2n) is 4.78. The normalized spacial score (nSPS) is 11.9. The number of nitrogens with zero attached hydrogens (tertiary/aromatic N) is 2. The topological polar surface area (TPSA) is 104 Å². The summed E-state index contributed by atoms with van der Waals surface area (Å²) in [5.41, 5.74) is -1.56. The molecule has 0 unspecified atom stereocenters. The SMILES string of the molecule is CC(C)(C)OC(=O)NC(=O)c1nonc1OCC(F)(F)F. The number of hydrogen-bond donors (Lipinski definition) is 1. The Bertz CT molecular complexity index is 521. The van der Waals surface area contributed by atoms with Gasteiger partial charge in [0.1, 0.15) is 5.60 Å². The predicted molar refractivity (Wildman–Crippen MR) is 59.5 cm³/mol. The van der Waals surface area contributed by atoms with Gasteiger partial charge in [-0.1, -0.05) is 0 Å². The maximum absolute atomic E-state index is 12.0. The number of amides is 2. The summed E-state index contributed by atoms with van der Waals surface area (Å²) >= 11 is 0. The van der Waals surface area contributed by atoms with Gasteiger partial charge in [0.15, 0.2) is 6.61 Å². The lowest BCUT2D eigenvalue weighted by Crippen LogP contribution is -2.36. The zero-order valence-corrected chi connectivity index (χ0v) is 11.3. The molecule has 2 amide bonds. The average molecular weight is 311 g/mol. The highest BCUT2D eigenvalue weighted by Gasteiger charge is 2.31. The minimum Gasteiger partial charge on any atom is -0.464 e. The van der Waals surface area contributed by atoms with Crippen LogP contribution in [0.15, 0.2) is 4.63 Å². The van der Waals surface area contributed by atoms with Gasteiger partial charge in [-0.15, -0.1) is 0 Å². The molecule has 0 saturated carbocycles. The number of carbonyl (C=O) groups excluding carboxylic acids is 2. The molecule has 0 aromatic carbocycles. The monoisotopic (exact) mass is 311 g/mol. The lowest BCUT2D eigenvalue weighted by atomic mass is 10.2. The molecule has 21 heavy (non-hydrogen) atoms. The van der Waals surface area contributed by atoms with Crippen LogP contribution < -0.4 is 10.1 Å². The summed E-state index contributed by atoms with van der Waals surface area (Å²) in [6.07, 6.45) is -5.73. The molecule has 1 aromatic rings. The van der Waals surface area contributed by atoms with E-state index in [0.717, 1.165) is 0 Å². The summed E-state index contributed by atoms with van der Waals surface area (Å²) in [7, 11) is 0. The van der Waals surface area contributed by atoms with E-state index in [1.54, 1.807) is 26.1 Å². The van der Waals surface area contributed by atoms with Gasteiger partial charge in [0.2, 0.25) is 5.69 Å². The molecule has 0 radical (unpaired) electrons. The summed E-state index contributed by atoms with van der Waals surface area (Å²) in [5, 5.41) is 7.82. The van der Waals surface area contributed by atoms with Crippen LogP contribution in [0.1, 0.15) is 31.3 Å². The molecule has 11 heteroatoms. The molecule has 0 atom stereocenters. The number of hydrogen-bond acceptors (Lipinski definition) is 7. The van der Waals surface area contributed by atoms with Crippen LogP contribution in [-0.4, -0.2) is 40.7 Å². The van der Waals surface area contributed by atoms with E-state index < -0.39 is 42.0 Å². The predicted octanol–water partition coefficient (Wildman–Crippen LogP) is 1.68. The fourth-order valence-corrected chi connectivity index (χ4v) is 1.02. The third-order valence-electron chi connectivity index (χ3n) is 1.66. The van der Waals surface area contributed by atoms with Crippen molar-refractivity contribution in [2.75, 3.05) is 6.61 Å². The Morgan fingerprint density at radius 2 is 1.86 bits per heavy atom. The van der Waals surface area contributed by atoms with Crippen LogP contribution in [-0.2, 0) is 4.74 Å². The Kier molecular flexibility index (Phi) is 4.76. The van der Waals surface area contributed by atoms with Crippen LogP contribution in [0.25, 0.3) is 0 Å². The van der Waals surface area contributed by atoms with Crippen molar-refractivity contribution in [1.82, 2.24) is 15.6 Å². The fraction of sp³-hybridized carbons (Fsp3) is 0.600. The second-order valence-corrected chi connectivity index (χ2v) is 4.78. The van der Waals surface area contributed by atoms with Gasteiger partial charge in [0.05, 0.1) is 0 Å². The first kappa shape index (κ1) is 16.7. The fourth-order valence-electron chi connectivity index (χ4n) is 1.02. The minimum atomic E-state index is -4.63. The second kappa shape index (κ2) is 5.97. The standard InChI is InChI=1S/C10H12F3N3O5/c1-9(2,3)20-8(18)14-6(17)5-7(16-21-15-5)19-4-10(11,12)13/h4H2,1-3H3,(H,14,17,18). The van der Waals surface area contributed by atoms with Crippen molar-refractivity contribution in [2.45, 2.75) is 32.5 Å². The van der Waals surface area contributed by atoms with Crippen molar-refractivity contribution in [3.63, 3.8) is 0 Å². The molecule has 1 aromatic heterocycles. The zero-order valence-electron chi connectivity index (χ0n) is 11.3. The van der Waals surface area contributed by atoms with E-state index in [2.05, 4.69) is 19.7 Å². The summed E-state index contributed by atoms with van der Waals surface area (Å²) in [4.78, 5) is 23.0. The molecule has 1 heterocycles. The van der Waals surface area contributed by atoms with E-state index in [4.69, 9.17) is 4.74 Å². The number of rotatable bonds is 3. The van der Waals surface area contributed by atoms with E-state index in [-0.39, 0.29) is 0 Å². The van der Waals surface area contributed by atoms with Gasteiger partial charge in [-0.3, -0.25) is 10.1 Å². The highest BCUT2D eigenvalue weighted by atomic mass is 19.4. The number of halogens is 3. The van der Waals surface area contributed by atoms with Gasteiger partial charge < -0.3 is 9.47 Å². The molecular formula is C10H12F3N3O5. The Morgan fingerprint density at radius 3 is 2.38 bits per heavy atom. The zero-order chi connectivity index (χ0) is 16.3. The number of alkyl halides is 3. The smallest absolute Gasteiger partial charge is 0.422 e. The number of aromatic nitrogens is 2. The Hall–Kier alpha value is -2.33. The summed E-state index contributed by atoms with van der Waals surface area (Å²) < 4.78 is 49.1. The van der Waals surface area contributed by atoms with Crippen molar-refractivity contribution >= 4 is 12.0 Å². The minimum absolute atomic E-state index is 0.704. The Labute approximate surface area is 116 Å². The molecule has 0 aliphatic rings. The van der Waals surface area contributed by atoms with Crippen LogP contribution in [0.4, 0.5) is 18.0 Å². The molecule has 0 aliphatic heterocycles.